The van der Waals surface area contributed by atoms with Crippen molar-refractivity contribution in [1.82, 2.24) is 29.8 Å². The summed E-state index contributed by atoms with van der Waals surface area (Å²) in [5.41, 5.74) is 8.54. The van der Waals surface area contributed by atoms with Crippen molar-refractivity contribution in [3.63, 3.8) is 0 Å². The number of unbranched alkanes of at least 4 members (excludes halogenated alkanes) is 1. The number of aromatic nitrogens is 5. The van der Waals surface area contributed by atoms with Gasteiger partial charge in [0.1, 0.15) is 17.7 Å². The van der Waals surface area contributed by atoms with Crippen molar-refractivity contribution >= 4 is 34.8 Å². The molecule has 2 aromatic carbocycles. The van der Waals surface area contributed by atoms with Gasteiger partial charge in [0.15, 0.2) is 0 Å². The van der Waals surface area contributed by atoms with Gasteiger partial charge >= 0.3 is 5.97 Å². The molecule has 1 saturated heterocycles. The molecule has 0 radical (unpaired) electrons. The van der Waals surface area contributed by atoms with E-state index >= 15 is 0 Å². The van der Waals surface area contributed by atoms with Crippen LogP contribution < -0.4 is 21.3 Å². The molecule has 2 aromatic heterocycles. The van der Waals surface area contributed by atoms with E-state index in [-0.39, 0.29) is 11.8 Å². The minimum atomic E-state index is -0.970. The standard InChI is InChI=1S/C29H37FN10O2/c30-21-10-8-20(9-11-21)19-39-15-17-40(18-16-39)29-37-27(32-14-12-25-33-22-5-1-2-6-23(22)34-25)36-28(38-29)35-24(26(41)42)7-3-4-13-31/h1-2,5-6,8-11,24H,3-4,7,12-19,31H2,(H,33,34)(H,41,42)(H2,32,35,36,37,38). The minimum Gasteiger partial charge on any atom is -0.480 e. The van der Waals surface area contributed by atoms with Crippen LogP contribution in [0.5, 0.6) is 0 Å². The minimum absolute atomic E-state index is 0.208. The SMILES string of the molecule is NCCCCC(Nc1nc(NCCc2nc3ccccc3[nH]2)nc(N2CCN(Cc3ccc(F)cc3)CC2)n1)C(=O)O. The Labute approximate surface area is 243 Å². The van der Waals surface area contributed by atoms with E-state index in [2.05, 4.69) is 45.4 Å². The smallest absolute Gasteiger partial charge is 0.326 e. The summed E-state index contributed by atoms with van der Waals surface area (Å²) in [5.74, 6) is 0.682. The maximum absolute atomic E-state index is 13.3. The fourth-order valence-corrected chi connectivity index (χ4v) is 4.93. The second-order valence-electron chi connectivity index (χ2n) is 10.4. The molecule has 0 aliphatic carbocycles. The van der Waals surface area contributed by atoms with E-state index in [1.165, 1.54) is 12.1 Å². The Balaban J connectivity index is 1.27. The first-order valence-corrected chi connectivity index (χ1v) is 14.3. The van der Waals surface area contributed by atoms with Crippen LogP contribution in [0.25, 0.3) is 11.0 Å². The number of para-hydroxylation sites is 2. The van der Waals surface area contributed by atoms with Gasteiger partial charge in [0.2, 0.25) is 17.8 Å². The van der Waals surface area contributed by atoms with E-state index in [1.54, 1.807) is 12.1 Å². The summed E-state index contributed by atoms with van der Waals surface area (Å²) in [4.78, 5) is 38.0. The second kappa shape index (κ2) is 14.0. The highest BCUT2D eigenvalue weighted by Crippen LogP contribution is 2.19. The molecular formula is C29H37FN10O2. The molecular weight excluding hydrogens is 539 g/mol. The summed E-state index contributed by atoms with van der Waals surface area (Å²) in [6, 6.07) is 13.6. The van der Waals surface area contributed by atoms with Crippen molar-refractivity contribution in [2.75, 3.05) is 54.8 Å². The highest BCUT2D eigenvalue weighted by Gasteiger charge is 2.23. The third-order valence-electron chi connectivity index (χ3n) is 7.23. The monoisotopic (exact) mass is 576 g/mol. The van der Waals surface area contributed by atoms with Gasteiger partial charge in [0.05, 0.1) is 11.0 Å². The number of hydrogen-bond acceptors (Lipinski definition) is 10. The van der Waals surface area contributed by atoms with Crippen LogP contribution in [-0.4, -0.2) is 86.2 Å². The van der Waals surface area contributed by atoms with Crippen LogP contribution >= 0.6 is 0 Å². The summed E-state index contributed by atoms with van der Waals surface area (Å²) in [6.07, 6.45) is 2.45. The Morgan fingerprint density at radius 2 is 1.76 bits per heavy atom. The Morgan fingerprint density at radius 3 is 2.50 bits per heavy atom. The molecule has 1 atom stereocenters. The van der Waals surface area contributed by atoms with Crippen molar-refractivity contribution in [2.45, 2.75) is 38.3 Å². The molecule has 222 valence electrons. The number of aliphatic carboxylic acids is 1. The normalized spacial score (nSPS) is 14.7. The first kappa shape index (κ1) is 29.1. The number of hydrogen-bond donors (Lipinski definition) is 5. The van der Waals surface area contributed by atoms with Crippen LogP contribution in [0.3, 0.4) is 0 Å². The van der Waals surface area contributed by atoms with Crippen LogP contribution in [0.15, 0.2) is 48.5 Å². The van der Waals surface area contributed by atoms with Crippen LogP contribution in [0.4, 0.5) is 22.2 Å². The lowest BCUT2D eigenvalue weighted by Gasteiger charge is -2.35. The molecule has 1 unspecified atom stereocenters. The van der Waals surface area contributed by atoms with Gasteiger partial charge in [-0.1, -0.05) is 24.3 Å². The Hall–Kier alpha value is -4.36. The summed E-state index contributed by atoms with van der Waals surface area (Å²) in [5, 5.41) is 16.1. The molecule has 6 N–H and O–H groups in total. The lowest BCUT2D eigenvalue weighted by molar-refractivity contribution is -0.138. The van der Waals surface area contributed by atoms with Gasteiger partial charge in [-0.3, -0.25) is 4.90 Å². The third kappa shape index (κ3) is 7.89. The van der Waals surface area contributed by atoms with Crippen molar-refractivity contribution in [3.8, 4) is 0 Å². The quantitative estimate of drug-likeness (QED) is 0.140. The molecule has 3 heterocycles. The number of imidazole rings is 1. The number of nitrogens with one attached hydrogen (secondary N) is 3. The summed E-state index contributed by atoms with van der Waals surface area (Å²) < 4.78 is 13.3. The molecule has 1 aliphatic rings. The fourth-order valence-electron chi connectivity index (χ4n) is 4.93. The molecule has 5 rings (SSSR count). The van der Waals surface area contributed by atoms with Crippen molar-refractivity contribution in [1.29, 1.82) is 0 Å². The van der Waals surface area contributed by atoms with Gasteiger partial charge in [-0.2, -0.15) is 15.0 Å². The van der Waals surface area contributed by atoms with Crippen LogP contribution in [0.2, 0.25) is 0 Å². The average molecular weight is 577 g/mol. The van der Waals surface area contributed by atoms with Crippen LogP contribution in [-0.2, 0) is 17.8 Å². The lowest BCUT2D eigenvalue weighted by atomic mass is 10.1. The third-order valence-corrected chi connectivity index (χ3v) is 7.23. The first-order valence-electron chi connectivity index (χ1n) is 14.3. The number of rotatable bonds is 14. The molecule has 42 heavy (non-hydrogen) atoms. The largest absolute Gasteiger partial charge is 0.480 e. The first-order chi connectivity index (χ1) is 20.5. The molecule has 0 bridgehead atoms. The number of anilines is 3. The molecule has 1 aliphatic heterocycles. The summed E-state index contributed by atoms with van der Waals surface area (Å²) in [6.45, 7) is 4.68. The highest BCUT2D eigenvalue weighted by atomic mass is 19.1. The molecule has 13 heteroatoms. The molecule has 0 spiro atoms. The van der Waals surface area contributed by atoms with E-state index in [4.69, 9.17) is 5.73 Å². The Kier molecular flexibility index (Phi) is 9.72. The van der Waals surface area contributed by atoms with Gasteiger partial charge in [0, 0.05) is 45.7 Å². The number of nitrogens with zero attached hydrogens (tertiary/aromatic N) is 6. The van der Waals surface area contributed by atoms with Crippen LogP contribution in [0, 0.1) is 5.82 Å². The zero-order valence-corrected chi connectivity index (χ0v) is 23.5. The number of halogens is 1. The van der Waals surface area contributed by atoms with Gasteiger partial charge < -0.3 is 31.4 Å². The zero-order valence-electron chi connectivity index (χ0n) is 23.5. The van der Waals surface area contributed by atoms with Crippen molar-refractivity contribution < 1.29 is 14.3 Å². The van der Waals surface area contributed by atoms with Gasteiger partial charge in [-0.05, 0) is 55.6 Å². The number of carboxylic acids is 1. The second-order valence-corrected chi connectivity index (χ2v) is 10.4. The predicted octanol–water partition coefficient (Wildman–Crippen LogP) is 2.86. The maximum Gasteiger partial charge on any atom is 0.326 e. The predicted molar refractivity (Wildman–Crippen MR) is 160 cm³/mol. The van der Waals surface area contributed by atoms with E-state index in [9.17, 15) is 14.3 Å². The topological polar surface area (TPSA) is 161 Å². The van der Waals surface area contributed by atoms with Gasteiger partial charge in [0.25, 0.3) is 0 Å². The molecule has 0 amide bonds. The van der Waals surface area contributed by atoms with Crippen molar-refractivity contribution in [2.24, 2.45) is 5.73 Å². The van der Waals surface area contributed by atoms with Gasteiger partial charge in [-0.15, -0.1) is 0 Å². The van der Waals surface area contributed by atoms with Gasteiger partial charge in [-0.25, -0.2) is 14.2 Å². The zero-order chi connectivity index (χ0) is 29.3. The number of aromatic amines is 1. The maximum atomic E-state index is 13.3. The number of carbonyl (C=O) groups is 1. The molecule has 0 saturated carbocycles. The van der Waals surface area contributed by atoms with E-state index in [0.717, 1.165) is 48.5 Å². The lowest BCUT2D eigenvalue weighted by Crippen LogP contribution is -2.46. The molecule has 4 aromatic rings. The number of nitrogens with two attached hydrogens (primary N) is 1. The number of fused-ring (bicyclic) bond motifs is 1. The summed E-state index contributed by atoms with van der Waals surface area (Å²) in [7, 11) is 0. The average Bonchev–Trinajstić information content (AvgIpc) is 3.41. The van der Waals surface area contributed by atoms with E-state index < -0.39 is 12.0 Å². The number of H-pyrrole nitrogens is 1. The summed E-state index contributed by atoms with van der Waals surface area (Å²) >= 11 is 0. The number of benzene rings is 2. The highest BCUT2D eigenvalue weighted by molar-refractivity contribution is 5.76. The van der Waals surface area contributed by atoms with E-state index in [0.29, 0.717) is 57.3 Å². The number of piperazine rings is 1. The molecule has 1 fully saturated rings. The molecule has 12 nitrogen and oxygen atoms in total. The van der Waals surface area contributed by atoms with Crippen LogP contribution in [0.1, 0.15) is 30.7 Å². The van der Waals surface area contributed by atoms with E-state index in [1.807, 2.05) is 24.3 Å². The Bertz CT molecular complexity index is 1420. The fraction of sp³-hybridized carbons (Fsp3) is 0.414. The Morgan fingerprint density at radius 1 is 1.00 bits per heavy atom. The van der Waals surface area contributed by atoms with Crippen molar-refractivity contribution in [3.05, 3.63) is 65.7 Å². The number of carboxylic acid groups (broad SMARTS) is 1.